The van der Waals surface area contributed by atoms with Crippen LogP contribution in [0.2, 0.25) is 0 Å². The van der Waals surface area contributed by atoms with E-state index < -0.39 is 5.82 Å². The second-order valence-corrected chi connectivity index (χ2v) is 7.69. The minimum Gasteiger partial charge on any atom is -0.497 e. The van der Waals surface area contributed by atoms with Crippen molar-refractivity contribution in [2.24, 2.45) is 0 Å². The molecule has 3 aromatic rings. The van der Waals surface area contributed by atoms with Crippen LogP contribution in [0.4, 0.5) is 4.39 Å². The van der Waals surface area contributed by atoms with Crippen molar-refractivity contribution in [3.63, 3.8) is 0 Å². The predicted molar refractivity (Wildman–Crippen MR) is 115 cm³/mol. The molecule has 32 heavy (non-hydrogen) atoms. The molecule has 1 fully saturated rings. The highest BCUT2D eigenvalue weighted by atomic mass is 19.1. The lowest BCUT2D eigenvalue weighted by Gasteiger charge is -2.31. The second-order valence-electron chi connectivity index (χ2n) is 7.69. The fourth-order valence-electron chi connectivity index (χ4n) is 3.78. The fraction of sp³-hybridized carbons (Fsp3) is 0.292. The number of carbonyl (C=O) groups is 2. The molecule has 4 rings (SSSR count). The second kappa shape index (κ2) is 9.64. The maximum atomic E-state index is 13.9. The van der Waals surface area contributed by atoms with Gasteiger partial charge in [0.15, 0.2) is 0 Å². The van der Waals surface area contributed by atoms with Crippen molar-refractivity contribution in [3.05, 3.63) is 83.0 Å². The van der Waals surface area contributed by atoms with Crippen LogP contribution in [0.25, 0.3) is 0 Å². The molecule has 0 radical (unpaired) electrons. The van der Waals surface area contributed by atoms with Gasteiger partial charge in [0.05, 0.1) is 18.4 Å². The van der Waals surface area contributed by atoms with E-state index in [-0.39, 0.29) is 29.1 Å². The summed E-state index contributed by atoms with van der Waals surface area (Å²) in [5.74, 6) is -0.181. The van der Waals surface area contributed by atoms with E-state index >= 15 is 0 Å². The van der Waals surface area contributed by atoms with E-state index in [0.717, 1.165) is 11.3 Å². The van der Waals surface area contributed by atoms with Gasteiger partial charge in [0.25, 0.3) is 11.8 Å². The molecule has 7 nitrogen and oxygen atoms in total. The van der Waals surface area contributed by atoms with E-state index in [4.69, 9.17) is 9.26 Å². The number of aromatic nitrogens is 1. The lowest BCUT2D eigenvalue weighted by Crippen LogP contribution is -2.38. The number of nitrogens with one attached hydrogen (secondary N) is 1. The number of nitrogens with zero attached hydrogens (tertiary/aromatic N) is 2. The van der Waals surface area contributed by atoms with Gasteiger partial charge in [0, 0.05) is 31.6 Å². The Morgan fingerprint density at radius 3 is 2.56 bits per heavy atom. The first-order chi connectivity index (χ1) is 15.5. The van der Waals surface area contributed by atoms with Gasteiger partial charge in [-0.1, -0.05) is 29.4 Å². The van der Waals surface area contributed by atoms with Crippen LogP contribution in [-0.4, -0.2) is 42.1 Å². The molecule has 166 valence electrons. The number of piperidine rings is 1. The maximum absolute atomic E-state index is 13.9. The molecule has 2 amide bonds. The van der Waals surface area contributed by atoms with Crippen molar-refractivity contribution >= 4 is 11.8 Å². The normalized spacial score (nSPS) is 14.2. The van der Waals surface area contributed by atoms with Gasteiger partial charge in [-0.3, -0.25) is 9.59 Å². The average molecular weight is 437 g/mol. The number of halogens is 1. The largest absolute Gasteiger partial charge is 0.497 e. The molecule has 2 heterocycles. The van der Waals surface area contributed by atoms with Gasteiger partial charge >= 0.3 is 0 Å². The quantitative estimate of drug-likeness (QED) is 0.635. The van der Waals surface area contributed by atoms with Crippen LogP contribution in [0.15, 0.2) is 59.1 Å². The van der Waals surface area contributed by atoms with Crippen LogP contribution in [0.1, 0.15) is 50.9 Å². The van der Waals surface area contributed by atoms with E-state index in [2.05, 4.69) is 10.5 Å². The zero-order chi connectivity index (χ0) is 22.5. The molecule has 0 saturated carbocycles. The van der Waals surface area contributed by atoms with Gasteiger partial charge in [0.2, 0.25) is 5.76 Å². The lowest BCUT2D eigenvalue weighted by molar-refractivity contribution is 0.0706. The first-order valence-corrected chi connectivity index (χ1v) is 10.5. The summed E-state index contributed by atoms with van der Waals surface area (Å²) >= 11 is 0. The van der Waals surface area contributed by atoms with E-state index in [0.29, 0.717) is 38.2 Å². The standard InChI is InChI=1S/C24H24FN3O4/c1-31-18-8-6-16(7-9-18)15-26-23(29)22-14-21(27-32-22)17-10-12-28(13-11-17)24(30)19-4-2-3-5-20(19)25/h2-9,14,17H,10-13,15H2,1H3,(H,26,29). The number of hydrogen-bond donors (Lipinski definition) is 1. The van der Waals surface area contributed by atoms with E-state index in [1.807, 2.05) is 24.3 Å². The molecule has 1 saturated heterocycles. The summed E-state index contributed by atoms with van der Waals surface area (Å²) < 4.78 is 24.3. The summed E-state index contributed by atoms with van der Waals surface area (Å²) in [6.07, 6.45) is 1.33. The molecule has 1 aliphatic rings. The monoisotopic (exact) mass is 437 g/mol. The zero-order valence-electron chi connectivity index (χ0n) is 17.7. The number of amides is 2. The van der Waals surface area contributed by atoms with Gasteiger partial charge in [-0.25, -0.2) is 4.39 Å². The van der Waals surface area contributed by atoms with Crippen LogP contribution in [0.5, 0.6) is 5.75 Å². The van der Waals surface area contributed by atoms with E-state index in [1.165, 1.54) is 12.1 Å². The van der Waals surface area contributed by atoms with Crippen LogP contribution < -0.4 is 10.1 Å². The Balaban J connectivity index is 1.30. The van der Waals surface area contributed by atoms with Gasteiger partial charge in [0.1, 0.15) is 11.6 Å². The van der Waals surface area contributed by atoms with Crippen molar-refractivity contribution in [1.29, 1.82) is 0 Å². The van der Waals surface area contributed by atoms with Gasteiger partial charge < -0.3 is 19.5 Å². The SMILES string of the molecule is COc1ccc(CNC(=O)c2cc(C3CCN(C(=O)c4ccccc4F)CC3)no2)cc1. The molecule has 2 aromatic carbocycles. The summed E-state index contributed by atoms with van der Waals surface area (Å²) in [6, 6.07) is 15.1. The maximum Gasteiger partial charge on any atom is 0.290 e. The van der Waals surface area contributed by atoms with Crippen molar-refractivity contribution < 1.29 is 23.2 Å². The number of likely N-dealkylation sites (tertiary alicyclic amines) is 1. The number of benzene rings is 2. The Morgan fingerprint density at radius 1 is 1.16 bits per heavy atom. The van der Waals surface area contributed by atoms with Gasteiger partial charge in [-0.2, -0.15) is 0 Å². The molecule has 0 aliphatic carbocycles. The van der Waals surface area contributed by atoms with Crippen molar-refractivity contribution in [1.82, 2.24) is 15.4 Å². The minimum atomic E-state index is -0.513. The molecular weight excluding hydrogens is 413 g/mol. The Bertz CT molecular complexity index is 1090. The van der Waals surface area contributed by atoms with E-state index in [9.17, 15) is 14.0 Å². The summed E-state index contributed by atoms with van der Waals surface area (Å²) in [5.41, 5.74) is 1.71. The number of carbonyl (C=O) groups excluding carboxylic acids is 2. The third-order valence-electron chi connectivity index (χ3n) is 5.67. The molecule has 0 spiro atoms. The Morgan fingerprint density at radius 2 is 1.88 bits per heavy atom. The molecule has 1 N–H and O–H groups in total. The molecule has 8 heteroatoms. The van der Waals surface area contributed by atoms with Crippen molar-refractivity contribution in [2.45, 2.75) is 25.3 Å². The van der Waals surface area contributed by atoms with Crippen molar-refractivity contribution in [2.75, 3.05) is 20.2 Å². The Labute approximate surface area is 185 Å². The third kappa shape index (κ3) is 4.80. The van der Waals surface area contributed by atoms with Gasteiger partial charge in [-0.15, -0.1) is 0 Å². The fourth-order valence-corrected chi connectivity index (χ4v) is 3.78. The van der Waals surface area contributed by atoms with Crippen LogP contribution >= 0.6 is 0 Å². The molecule has 1 aliphatic heterocycles. The number of rotatable bonds is 6. The highest BCUT2D eigenvalue weighted by Crippen LogP contribution is 2.28. The number of ether oxygens (including phenoxy) is 1. The number of methoxy groups -OCH3 is 1. The summed E-state index contributed by atoms with van der Waals surface area (Å²) in [4.78, 5) is 26.6. The molecule has 1 aromatic heterocycles. The predicted octanol–water partition coefficient (Wildman–Crippen LogP) is 3.77. The summed E-state index contributed by atoms with van der Waals surface area (Å²) in [5, 5.41) is 6.88. The third-order valence-corrected chi connectivity index (χ3v) is 5.67. The van der Waals surface area contributed by atoms with Crippen LogP contribution in [0.3, 0.4) is 0 Å². The highest BCUT2D eigenvalue weighted by molar-refractivity contribution is 5.94. The van der Waals surface area contributed by atoms with Crippen LogP contribution in [-0.2, 0) is 6.54 Å². The molecule has 0 bridgehead atoms. The zero-order valence-corrected chi connectivity index (χ0v) is 17.7. The van der Waals surface area contributed by atoms with Gasteiger partial charge in [-0.05, 0) is 42.7 Å². The minimum absolute atomic E-state index is 0.0755. The Kier molecular flexibility index (Phi) is 6.49. The summed E-state index contributed by atoms with van der Waals surface area (Å²) in [7, 11) is 1.60. The highest BCUT2D eigenvalue weighted by Gasteiger charge is 2.28. The summed E-state index contributed by atoms with van der Waals surface area (Å²) in [6.45, 7) is 1.34. The Hall–Kier alpha value is -3.68. The average Bonchev–Trinajstić information content (AvgIpc) is 3.33. The molecule has 0 atom stereocenters. The van der Waals surface area contributed by atoms with Crippen LogP contribution in [0, 0.1) is 5.82 Å². The smallest absolute Gasteiger partial charge is 0.290 e. The topological polar surface area (TPSA) is 84.7 Å². The number of hydrogen-bond acceptors (Lipinski definition) is 5. The van der Waals surface area contributed by atoms with Crippen molar-refractivity contribution in [3.8, 4) is 5.75 Å². The first-order valence-electron chi connectivity index (χ1n) is 10.5. The lowest BCUT2D eigenvalue weighted by atomic mass is 9.93. The molecule has 0 unspecified atom stereocenters. The molecular formula is C24H24FN3O4. The first kappa shape index (κ1) is 21.5. The van der Waals surface area contributed by atoms with E-state index in [1.54, 1.807) is 30.2 Å².